The van der Waals surface area contributed by atoms with Crippen LogP contribution in [0.3, 0.4) is 0 Å². The molecule has 1 aliphatic heterocycles. The van der Waals surface area contributed by atoms with Crippen LogP contribution < -0.4 is 5.32 Å². The number of hydrogen-bond donors (Lipinski definition) is 1. The van der Waals surface area contributed by atoms with Crippen molar-refractivity contribution in [2.75, 3.05) is 20.3 Å². The number of hydrogen-bond acceptors (Lipinski definition) is 3. The van der Waals surface area contributed by atoms with Crippen molar-refractivity contribution in [3.05, 3.63) is 0 Å². The molecule has 0 aliphatic carbocycles. The van der Waals surface area contributed by atoms with Gasteiger partial charge in [-0.1, -0.05) is 13.3 Å². The van der Waals surface area contributed by atoms with Crippen molar-refractivity contribution >= 4 is 11.8 Å². The summed E-state index contributed by atoms with van der Waals surface area (Å²) in [6.07, 6.45) is 1.55. The van der Waals surface area contributed by atoms with Crippen molar-refractivity contribution in [1.82, 2.24) is 10.2 Å². The van der Waals surface area contributed by atoms with Crippen LogP contribution >= 0.6 is 0 Å². The highest BCUT2D eigenvalue weighted by atomic mass is 16.5. The lowest BCUT2D eigenvalue weighted by Crippen LogP contribution is -2.64. The van der Waals surface area contributed by atoms with E-state index in [-0.39, 0.29) is 24.4 Å². The van der Waals surface area contributed by atoms with Crippen LogP contribution in [0.4, 0.5) is 0 Å². The van der Waals surface area contributed by atoms with E-state index in [1.807, 2.05) is 20.8 Å². The highest BCUT2D eigenvalue weighted by molar-refractivity contribution is 5.95. The number of carbonyl (C=O) groups excluding carboxylic acids is 2. The number of methoxy groups -OCH3 is 1. The second-order valence-electron chi connectivity index (χ2n) is 5.08. The minimum Gasteiger partial charge on any atom is -0.382 e. The van der Waals surface area contributed by atoms with Crippen molar-refractivity contribution in [1.29, 1.82) is 0 Å². The highest BCUT2D eigenvalue weighted by Crippen LogP contribution is 2.19. The molecule has 1 N–H and O–H groups in total. The van der Waals surface area contributed by atoms with Gasteiger partial charge in [0, 0.05) is 7.11 Å². The molecule has 1 saturated heterocycles. The van der Waals surface area contributed by atoms with Crippen molar-refractivity contribution in [2.45, 2.75) is 45.2 Å². The van der Waals surface area contributed by atoms with E-state index in [0.29, 0.717) is 13.0 Å². The van der Waals surface area contributed by atoms with E-state index < -0.39 is 5.54 Å². The van der Waals surface area contributed by atoms with Gasteiger partial charge in [-0.05, 0) is 20.3 Å². The molecule has 0 aromatic heterocycles. The molecule has 1 heterocycles. The second-order valence-corrected chi connectivity index (χ2v) is 5.08. The molecule has 5 heteroatoms. The molecule has 0 aromatic carbocycles. The maximum atomic E-state index is 12.2. The molecule has 1 rings (SSSR count). The molecule has 5 nitrogen and oxygen atoms in total. The minimum absolute atomic E-state index is 0.00602. The third-order valence-electron chi connectivity index (χ3n) is 3.01. The minimum atomic E-state index is -0.449. The molecule has 0 bridgehead atoms. The standard InChI is InChI=1S/C12H22N2O3/c1-5-6-9-11(16)14(7-10(15)13-9)12(2,3)8-17-4/h9H,5-8H2,1-4H3,(H,13,15). The molecular weight excluding hydrogens is 220 g/mol. The molecule has 17 heavy (non-hydrogen) atoms. The Labute approximate surface area is 102 Å². The van der Waals surface area contributed by atoms with Crippen LogP contribution in [0.5, 0.6) is 0 Å². The zero-order chi connectivity index (χ0) is 13.1. The smallest absolute Gasteiger partial charge is 0.246 e. The van der Waals surface area contributed by atoms with Crippen LogP contribution in [-0.4, -0.2) is 48.6 Å². The second kappa shape index (κ2) is 5.49. The Bertz CT molecular complexity index is 302. The molecule has 98 valence electrons. The SMILES string of the molecule is CCCC1NC(=O)CN(C(C)(C)COC)C1=O. The van der Waals surface area contributed by atoms with Crippen LogP contribution in [-0.2, 0) is 14.3 Å². The zero-order valence-corrected chi connectivity index (χ0v) is 11.1. The zero-order valence-electron chi connectivity index (χ0n) is 11.1. The van der Waals surface area contributed by atoms with E-state index in [1.54, 1.807) is 12.0 Å². The van der Waals surface area contributed by atoms with Gasteiger partial charge < -0.3 is 15.0 Å². The number of nitrogens with zero attached hydrogens (tertiary/aromatic N) is 1. The largest absolute Gasteiger partial charge is 0.382 e. The summed E-state index contributed by atoms with van der Waals surface area (Å²) in [5.74, 6) is -0.0965. The predicted octanol–water partition coefficient (Wildman–Crippen LogP) is 0.538. The first-order valence-electron chi connectivity index (χ1n) is 6.02. The number of carbonyl (C=O) groups is 2. The van der Waals surface area contributed by atoms with E-state index in [0.717, 1.165) is 6.42 Å². The summed E-state index contributed by atoms with van der Waals surface area (Å²) in [5, 5.41) is 2.74. The summed E-state index contributed by atoms with van der Waals surface area (Å²) in [4.78, 5) is 25.5. The van der Waals surface area contributed by atoms with Gasteiger partial charge in [0.2, 0.25) is 11.8 Å². The fraction of sp³-hybridized carbons (Fsp3) is 0.833. The van der Waals surface area contributed by atoms with Crippen molar-refractivity contribution in [3.63, 3.8) is 0 Å². The van der Waals surface area contributed by atoms with Crippen molar-refractivity contribution in [2.24, 2.45) is 0 Å². The van der Waals surface area contributed by atoms with E-state index in [1.165, 1.54) is 0 Å². The Morgan fingerprint density at radius 1 is 1.47 bits per heavy atom. The van der Waals surface area contributed by atoms with Gasteiger partial charge in [0.05, 0.1) is 12.1 Å². The first kappa shape index (κ1) is 14.0. The number of piperazine rings is 1. The molecule has 0 saturated carbocycles. The van der Waals surface area contributed by atoms with Gasteiger partial charge in [-0.25, -0.2) is 0 Å². The van der Waals surface area contributed by atoms with E-state index in [9.17, 15) is 9.59 Å². The first-order valence-corrected chi connectivity index (χ1v) is 6.02. The molecule has 0 spiro atoms. The average molecular weight is 242 g/mol. The molecule has 1 aliphatic rings. The van der Waals surface area contributed by atoms with Crippen LogP contribution in [0.1, 0.15) is 33.6 Å². The topological polar surface area (TPSA) is 58.6 Å². The van der Waals surface area contributed by atoms with Gasteiger partial charge in [0.25, 0.3) is 0 Å². The molecule has 0 radical (unpaired) electrons. The van der Waals surface area contributed by atoms with Crippen LogP contribution in [0, 0.1) is 0 Å². The Morgan fingerprint density at radius 3 is 2.65 bits per heavy atom. The lowest BCUT2D eigenvalue weighted by molar-refractivity contribution is -0.151. The van der Waals surface area contributed by atoms with E-state index in [4.69, 9.17) is 4.74 Å². The summed E-state index contributed by atoms with van der Waals surface area (Å²) >= 11 is 0. The van der Waals surface area contributed by atoms with Gasteiger partial charge in [0.15, 0.2) is 0 Å². The van der Waals surface area contributed by atoms with Gasteiger partial charge >= 0.3 is 0 Å². The molecule has 1 fully saturated rings. The summed E-state index contributed by atoms with van der Waals surface area (Å²) in [7, 11) is 1.60. The summed E-state index contributed by atoms with van der Waals surface area (Å²) in [6, 6.07) is -0.377. The predicted molar refractivity (Wildman–Crippen MR) is 64.5 cm³/mol. The number of ether oxygens (including phenoxy) is 1. The monoisotopic (exact) mass is 242 g/mol. The van der Waals surface area contributed by atoms with Crippen LogP contribution in [0.25, 0.3) is 0 Å². The normalized spacial score (nSPS) is 21.6. The molecule has 0 aromatic rings. The number of rotatable bonds is 5. The van der Waals surface area contributed by atoms with Crippen molar-refractivity contribution in [3.8, 4) is 0 Å². The first-order chi connectivity index (χ1) is 7.92. The van der Waals surface area contributed by atoms with Crippen molar-refractivity contribution < 1.29 is 14.3 Å². The number of nitrogens with one attached hydrogen (secondary N) is 1. The van der Waals surface area contributed by atoms with Gasteiger partial charge in [-0.15, -0.1) is 0 Å². The van der Waals surface area contributed by atoms with Gasteiger partial charge in [-0.2, -0.15) is 0 Å². The third-order valence-corrected chi connectivity index (χ3v) is 3.01. The maximum absolute atomic E-state index is 12.2. The van der Waals surface area contributed by atoms with Gasteiger partial charge in [0.1, 0.15) is 12.6 Å². The summed E-state index contributed by atoms with van der Waals surface area (Å²) in [5.41, 5.74) is -0.449. The maximum Gasteiger partial charge on any atom is 0.246 e. The number of amides is 2. The molecule has 1 unspecified atom stereocenters. The molecule has 2 amide bonds. The molecular formula is C12H22N2O3. The van der Waals surface area contributed by atoms with Crippen LogP contribution in [0.15, 0.2) is 0 Å². The van der Waals surface area contributed by atoms with Gasteiger partial charge in [-0.3, -0.25) is 9.59 Å². The summed E-state index contributed by atoms with van der Waals surface area (Å²) in [6.45, 7) is 6.37. The Kier molecular flexibility index (Phi) is 4.51. The lowest BCUT2D eigenvalue weighted by Gasteiger charge is -2.42. The Morgan fingerprint density at radius 2 is 2.12 bits per heavy atom. The fourth-order valence-corrected chi connectivity index (χ4v) is 2.14. The third kappa shape index (κ3) is 3.19. The van der Waals surface area contributed by atoms with E-state index >= 15 is 0 Å². The Balaban J connectivity index is 2.83. The quantitative estimate of drug-likeness (QED) is 0.765. The van der Waals surface area contributed by atoms with E-state index in [2.05, 4.69) is 5.32 Å². The summed E-state index contributed by atoms with van der Waals surface area (Å²) < 4.78 is 5.11. The average Bonchev–Trinajstić information content (AvgIpc) is 2.23. The Hall–Kier alpha value is -1.10. The lowest BCUT2D eigenvalue weighted by atomic mass is 9.99. The highest BCUT2D eigenvalue weighted by Gasteiger charge is 2.39. The van der Waals surface area contributed by atoms with Crippen LogP contribution in [0.2, 0.25) is 0 Å². The fourth-order valence-electron chi connectivity index (χ4n) is 2.14. The molecule has 1 atom stereocenters.